The van der Waals surface area contributed by atoms with Crippen LogP contribution in [0.25, 0.3) is 0 Å². The first kappa shape index (κ1) is 12.9. The van der Waals surface area contributed by atoms with Gasteiger partial charge in [-0.3, -0.25) is 9.48 Å². The van der Waals surface area contributed by atoms with Crippen LogP contribution in [0.5, 0.6) is 0 Å². The quantitative estimate of drug-likeness (QED) is 0.718. The molecule has 0 radical (unpaired) electrons. The minimum Gasteiger partial charge on any atom is -0.330 e. The van der Waals surface area contributed by atoms with Crippen LogP contribution < -0.4 is 5.73 Å². The second kappa shape index (κ2) is 6.43. The van der Waals surface area contributed by atoms with E-state index in [4.69, 9.17) is 5.73 Å². The van der Waals surface area contributed by atoms with Gasteiger partial charge in [-0.25, -0.2) is 0 Å². The Kier molecular flexibility index (Phi) is 5.19. The zero-order valence-corrected chi connectivity index (χ0v) is 10.1. The predicted octanol–water partition coefficient (Wildman–Crippen LogP) is 1.85. The van der Waals surface area contributed by atoms with Crippen LogP contribution in [0.15, 0.2) is 12.3 Å². The molecule has 4 heteroatoms. The van der Waals surface area contributed by atoms with Gasteiger partial charge in [0, 0.05) is 25.2 Å². The summed E-state index contributed by atoms with van der Waals surface area (Å²) in [5.41, 5.74) is 6.34. The van der Waals surface area contributed by atoms with Gasteiger partial charge in [-0.15, -0.1) is 0 Å². The first-order valence-electron chi connectivity index (χ1n) is 6.00. The lowest BCUT2D eigenvalue weighted by Crippen LogP contribution is -2.26. The summed E-state index contributed by atoms with van der Waals surface area (Å²) < 4.78 is 1.78. The van der Waals surface area contributed by atoms with Gasteiger partial charge in [0.05, 0.1) is 0 Å². The number of hydrogen-bond donors (Lipinski definition) is 1. The first-order chi connectivity index (χ1) is 7.74. The number of hydrogen-bond acceptors (Lipinski definition) is 3. The Morgan fingerprint density at radius 3 is 2.81 bits per heavy atom. The van der Waals surface area contributed by atoms with Gasteiger partial charge in [-0.2, -0.15) is 5.10 Å². The summed E-state index contributed by atoms with van der Waals surface area (Å²) in [7, 11) is 0. The standard InChI is InChI=1S/C12H21N3O/c1-3-5-10(9-13)12(16)11-6-7-14-15(11)8-4-2/h6-7,10H,3-5,8-9,13H2,1-2H3. The Bertz CT molecular complexity index is 333. The maximum absolute atomic E-state index is 12.2. The molecular formula is C12H21N3O. The minimum absolute atomic E-state index is 0.0580. The van der Waals surface area contributed by atoms with Crippen LogP contribution in [-0.2, 0) is 6.54 Å². The van der Waals surface area contributed by atoms with Gasteiger partial charge in [0.2, 0.25) is 0 Å². The first-order valence-corrected chi connectivity index (χ1v) is 6.00. The number of carbonyl (C=O) groups is 1. The molecule has 0 fully saturated rings. The van der Waals surface area contributed by atoms with E-state index in [0.29, 0.717) is 12.2 Å². The molecule has 0 spiro atoms. The number of nitrogens with two attached hydrogens (primary N) is 1. The van der Waals surface area contributed by atoms with E-state index in [0.717, 1.165) is 25.8 Å². The van der Waals surface area contributed by atoms with Crippen molar-refractivity contribution in [1.82, 2.24) is 9.78 Å². The van der Waals surface area contributed by atoms with E-state index in [1.54, 1.807) is 16.9 Å². The summed E-state index contributed by atoms with van der Waals surface area (Å²) in [5, 5.41) is 4.16. The predicted molar refractivity (Wildman–Crippen MR) is 64.3 cm³/mol. The largest absolute Gasteiger partial charge is 0.330 e. The molecule has 1 heterocycles. The van der Waals surface area contributed by atoms with Crippen LogP contribution in [-0.4, -0.2) is 22.1 Å². The molecule has 0 saturated heterocycles. The summed E-state index contributed by atoms with van der Waals surface area (Å²) in [6, 6.07) is 1.79. The number of rotatable bonds is 7. The molecule has 90 valence electrons. The second-order valence-electron chi connectivity index (χ2n) is 4.03. The van der Waals surface area contributed by atoms with Crippen molar-refractivity contribution in [2.75, 3.05) is 6.54 Å². The molecule has 1 rings (SSSR count). The van der Waals surface area contributed by atoms with Crippen LogP contribution in [0.4, 0.5) is 0 Å². The summed E-state index contributed by atoms with van der Waals surface area (Å²) in [6.07, 6.45) is 4.49. The van der Waals surface area contributed by atoms with E-state index in [1.165, 1.54) is 0 Å². The van der Waals surface area contributed by atoms with E-state index in [9.17, 15) is 4.79 Å². The van der Waals surface area contributed by atoms with Crippen molar-refractivity contribution < 1.29 is 4.79 Å². The molecule has 4 nitrogen and oxygen atoms in total. The van der Waals surface area contributed by atoms with Crippen molar-refractivity contribution in [3.05, 3.63) is 18.0 Å². The smallest absolute Gasteiger partial charge is 0.185 e. The van der Waals surface area contributed by atoms with Gasteiger partial charge in [0.15, 0.2) is 5.78 Å². The monoisotopic (exact) mass is 223 g/mol. The summed E-state index contributed by atoms with van der Waals surface area (Å²) in [4.78, 5) is 12.2. The number of aryl methyl sites for hydroxylation is 1. The van der Waals surface area contributed by atoms with Crippen LogP contribution in [0.2, 0.25) is 0 Å². The fourth-order valence-corrected chi connectivity index (χ4v) is 1.85. The molecule has 0 aliphatic rings. The second-order valence-corrected chi connectivity index (χ2v) is 4.03. The Balaban J connectivity index is 2.81. The highest BCUT2D eigenvalue weighted by molar-refractivity contribution is 5.96. The maximum atomic E-state index is 12.2. The minimum atomic E-state index is -0.0580. The molecule has 0 saturated carbocycles. The molecule has 1 aromatic heterocycles. The molecule has 0 aliphatic carbocycles. The molecule has 1 aromatic rings. The SMILES string of the molecule is CCCC(CN)C(=O)c1ccnn1CCC. The number of carbonyl (C=O) groups excluding carboxylic acids is 1. The molecule has 0 aromatic carbocycles. The van der Waals surface area contributed by atoms with Crippen LogP contribution in [0.1, 0.15) is 43.6 Å². The van der Waals surface area contributed by atoms with Gasteiger partial charge >= 0.3 is 0 Å². The van der Waals surface area contributed by atoms with Crippen molar-refractivity contribution in [2.24, 2.45) is 11.7 Å². The lowest BCUT2D eigenvalue weighted by atomic mass is 9.96. The summed E-state index contributed by atoms with van der Waals surface area (Å²) in [5.74, 6) is 0.0765. The molecule has 0 amide bonds. The average Bonchev–Trinajstić information content (AvgIpc) is 2.73. The van der Waals surface area contributed by atoms with E-state index in [1.807, 2.05) is 0 Å². The lowest BCUT2D eigenvalue weighted by Gasteiger charge is -2.13. The molecule has 0 aliphatic heterocycles. The van der Waals surface area contributed by atoms with Crippen molar-refractivity contribution in [3.63, 3.8) is 0 Å². The van der Waals surface area contributed by atoms with E-state index in [-0.39, 0.29) is 11.7 Å². The maximum Gasteiger partial charge on any atom is 0.185 e. The van der Waals surface area contributed by atoms with Gasteiger partial charge in [0.25, 0.3) is 0 Å². The van der Waals surface area contributed by atoms with Gasteiger partial charge in [0.1, 0.15) is 5.69 Å². The Labute approximate surface area is 96.8 Å². The highest BCUT2D eigenvalue weighted by atomic mass is 16.1. The van der Waals surface area contributed by atoms with Gasteiger partial charge in [-0.1, -0.05) is 20.3 Å². The Hall–Kier alpha value is -1.16. The number of ketones is 1. The van der Waals surface area contributed by atoms with E-state index in [2.05, 4.69) is 18.9 Å². The van der Waals surface area contributed by atoms with Crippen molar-refractivity contribution >= 4 is 5.78 Å². The highest BCUT2D eigenvalue weighted by Gasteiger charge is 2.20. The number of aromatic nitrogens is 2. The van der Waals surface area contributed by atoms with Crippen molar-refractivity contribution in [2.45, 2.75) is 39.7 Å². The molecule has 16 heavy (non-hydrogen) atoms. The highest BCUT2D eigenvalue weighted by Crippen LogP contribution is 2.13. The molecule has 1 unspecified atom stereocenters. The number of Topliss-reactive ketones (excluding diaryl/α,β-unsaturated/α-hetero) is 1. The fourth-order valence-electron chi connectivity index (χ4n) is 1.85. The van der Waals surface area contributed by atoms with Crippen molar-refractivity contribution in [1.29, 1.82) is 0 Å². The number of nitrogens with zero attached hydrogens (tertiary/aromatic N) is 2. The van der Waals surface area contributed by atoms with E-state index >= 15 is 0 Å². The summed E-state index contributed by atoms with van der Waals surface area (Å²) in [6.45, 7) is 5.35. The van der Waals surface area contributed by atoms with Gasteiger partial charge < -0.3 is 5.73 Å². The van der Waals surface area contributed by atoms with Crippen LogP contribution in [0.3, 0.4) is 0 Å². The zero-order chi connectivity index (χ0) is 12.0. The summed E-state index contributed by atoms with van der Waals surface area (Å²) >= 11 is 0. The van der Waals surface area contributed by atoms with E-state index < -0.39 is 0 Å². The van der Waals surface area contributed by atoms with Crippen molar-refractivity contribution in [3.8, 4) is 0 Å². The molecule has 2 N–H and O–H groups in total. The zero-order valence-electron chi connectivity index (χ0n) is 10.1. The Morgan fingerprint density at radius 2 is 2.25 bits per heavy atom. The fraction of sp³-hybridized carbons (Fsp3) is 0.667. The molecule has 1 atom stereocenters. The molecular weight excluding hydrogens is 202 g/mol. The third kappa shape index (κ3) is 2.92. The molecule has 0 bridgehead atoms. The Morgan fingerprint density at radius 1 is 1.50 bits per heavy atom. The van der Waals surface area contributed by atoms with Crippen LogP contribution in [0, 0.1) is 5.92 Å². The van der Waals surface area contributed by atoms with Gasteiger partial charge in [-0.05, 0) is 18.9 Å². The third-order valence-electron chi connectivity index (χ3n) is 2.70. The van der Waals surface area contributed by atoms with Crippen LogP contribution >= 0.6 is 0 Å². The normalized spacial score (nSPS) is 12.7. The average molecular weight is 223 g/mol. The third-order valence-corrected chi connectivity index (χ3v) is 2.70. The topological polar surface area (TPSA) is 60.9 Å². The lowest BCUT2D eigenvalue weighted by molar-refractivity contribution is 0.0906.